The molecule has 148 valence electrons. The maximum Gasteiger partial charge on any atom is 0.417 e. The Labute approximate surface area is 169 Å². The van der Waals surface area contributed by atoms with Gasteiger partial charge in [0.25, 0.3) is 5.89 Å². The highest BCUT2D eigenvalue weighted by Crippen LogP contribution is 2.33. The van der Waals surface area contributed by atoms with Crippen molar-refractivity contribution in [3.8, 4) is 23.0 Å². The molecule has 12 heteroatoms. The van der Waals surface area contributed by atoms with Crippen LogP contribution in [0.5, 0.6) is 0 Å². The Kier molecular flexibility index (Phi) is 4.47. The Balaban J connectivity index is 1.74. The molecule has 3 aromatic heterocycles. The van der Waals surface area contributed by atoms with Gasteiger partial charge < -0.3 is 14.7 Å². The molecule has 0 aliphatic carbocycles. The van der Waals surface area contributed by atoms with Gasteiger partial charge in [-0.3, -0.25) is 4.79 Å². The smallest absolute Gasteiger partial charge is 0.366 e. The van der Waals surface area contributed by atoms with Crippen LogP contribution < -0.4 is 5.73 Å². The number of hydrogen-bond acceptors (Lipinski definition) is 5. The fourth-order valence-corrected chi connectivity index (χ4v) is 3.12. The van der Waals surface area contributed by atoms with Gasteiger partial charge in [-0.15, -0.1) is 0 Å². The number of hydrogen-bond donors (Lipinski definition) is 1. The van der Waals surface area contributed by atoms with Crippen molar-refractivity contribution in [1.29, 1.82) is 0 Å². The van der Waals surface area contributed by atoms with E-state index in [0.29, 0.717) is 5.56 Å². The van der Waals surface area contributed by atoms with E-state index in [4.69, 9.17) is 33.5 Å². The highest BCUT2D eigenvalue weighted by atomic mass is 35.5. The van der Waals surface area contributed by atoms with Gasteiger partial charge in [0.15, 0.2) is 5.65 Å². The average Bonchev–Trinajstić information content (AvgIpc) is 3.27. The van der Waals surface area contributed by atoms with E-state index in [0.717, 1.165) is 16.7 Å². The Hall–Kier alpha value is -3.11. The first-order valence-corrected chi connectivity index (χ1v) is 8.58. The van der Waals surface area contributed by atoms with Crippen LogP contribution in [0.2, 0.25) is 10.0 Å². The summed E-state index contributed by atoms with van der Waals surface area (Å²) in [5.41, 5.74) is 5.06. The summed E-state index contributed by atoms with van der Waals surface area (Å²) in [5, 5.41) is 3.78. The van der Waals surface area contributed by atoms with Crippen LogP contribution in [0.25, 0.3) is 28.6 Å². The first-order chi connectivity index (χ1) is 13.6. The molecule has 0 aliphatic rings. The van der Waals surface area contributed by atoms with Crippen LogP contribution in [0.1, 0.15) is 15.9 Å². The van der Waals surface area contributed by atoms with Gasteiger partial charge in [-0.25, -0.2) is 4.98 Å². The Morgan fingerprint density at radius 3 is 2.52 bits per heavy atom. The minimum Gasteiger partial charge on any atom is -0.366 e. The number of nitrogens with zero attached hydrogens (tertiary/aromatic N) is 4. The lowest BCUT2D eigenvalue weighted by atomic mass is 10.1. The van der Waals surface area contributed by atoms with Crippen molar-refractivity contribution < 1.29 is 22.5 Å². The molecule has 0 radical (unpaired) electrons. The molecule has 0 aliphatic heterocycles. The van der Waals surface area contributed by atoms with Crippen LogP contribution in [0, 0.1) is 0 Å². The molecule has 4 aromatic rings. The molecule has 0 saturated heterocycles. The molecule has 29 heavy (non-hydrogen) atoms. The number of carbonyl (C=O) groups is 1. The number of benzene rings is 1. The Morgan fingerprint density at radius 2 is 1.86 bits per heavy atom. The third-order valence-electron chi connectivity index (χ3n) is 3.97. The molecule has 0 bridgehead atoms. The molecule has 1 aromatic carbocycles. The fraction of sp³-hybridized carbons (Fsp3) is 0.0588. The summed E-state index contributed by atoms with van der Waals surface area (Å²) in [6.45, 7) is 0. The Bertz CT molecular complexity index is 1270. The van der Waals surface area contributed by atoms with Crippen LogP contribution in [0.4, 0.5) is 13.2 Å². The van der Waals surface area contributed by atoms with Crippen molar-refractivity contribution in [2.24, 2.45) is 5.73 Å². The molecule has 0 spiro atoms. The number of nitrogens with two attached hydrogens (primary N) is 1. The molecular weight excluding hydrogens is 434 g/mol. The number of fused-ring (bicyclic) bond motifs is 1. The van der Waals surface area contributed by atoms with E-state index in [1.54, 1.807) is 0 Å². The van der Waals surface area contributed by atoms with Crippen molar-refractivity contribution in [1.82, 2.24) is 19.5 Å². The van der Waals surface area contributed by atoms with Crippen molar-refractivity contribution in [3.05, 3.63) is 57.8 Å². The first-order valence-electron chi connectivity index (χ1n) is 7.83. The molecule has 7 nitrogen and oxygen atoms in total. The van der Waals surface area contributed by atoms with Gasteiger partial charge in [-0.1, -0.05) is 28.4 Å². The number of alkyl halides is 3. The fourth-order valence-electron chi connectivity index (χ4n) is 2.60. The summed E-state index contributed by atoms with van der Waals surface area (Å²) >= 11 is 12.1. The quantitative estimate of drug-likeness (QED) is 0.505. The summed E-state index contributed by atoms with van der Waals surface area (Å²) < 4.78 is 45.2. The number of pyridine rings is 1. The SMILES string of the molecule is NC(=O)c1ccc(-c2noc(-c3cn4cc(C(F)(F)F)cc(Cl)c4n3)n2)c(Cl)c1. The van der Waals surface area contributed by atoms with Crippen molar-refractivity contribution >= 4 is 34.8 Å². The van der Waals surface area contributed by atoms with E-state index in [1.807, 2.05) is 0 Å². The molecule has 0 saturated carbocycles. The van der Waals surface area contributed by atoms with Crippen molar-refractivity contribution in [2.45, 2.75) is 6.18 Å². The maximum atomic E-state index is 13.0. The van der Waals surface area contributed by atoms with Crippen LogP contribution in [-0.2, 0) is 6.18 Å². The van der Waals surface area contributed by atoms with Gasteiger partial charge in [0.2, 0.25) is 11.7 Å². The minimum atomic E-state index is -4.56. The van der Waals surface area contributed by atoms with Gasteiger partial charge in [-0.05, 0) is 24.3 Å². The molecule has 0 unspecified atom stereocenters. The van der Waals surface area contributed by atoms with E-state index < -0.39 is 17.6 Å². The number of aromatic nitrogens is 4. The van der Waals surface area contributed by atoms with Gasteiger partial charge in [-0.2, -0.15) is 18.2 Å². The van der Waals surface area contributed by atoms with Crippen LogP contribution >= 0.6 is 23.2 Å². The second kappa shape index (κ2) is 6.75. The van der Waals surface area contributed by atoms with Gasteiger partial charge in [0, 0.05) is 23.5 Å². The second-order valence-electron chi connectivity index (χ2n) is 5.91. The van der Waals surface area contributed by atoms with Gasteiger partial charge in [0.05, 0.1) is 15.6 Å². The lowest BCUT2D eigenvalue weighted by molar-refractivity contribution is -0.137. The first kappa shape index (κ1) is 19.2. The highest BCUT2D eigenvalue weighted by Gasteiger charge is 2.32. The average molecular weight is 442 g/mol. The predicted molar refractivity (Wildman–Crippen MR) is 97.5 cm³/mol. The number of halogens is 5. The molecule has 4 rings (SSSR count). The maximum absolute atomic E-state index is 13.0. The highest BCUT2D eigenvalue weighted by molar-refractivity contribution is 6.34. The van der Waals surface area contributed by atoms with E-state index >= 15 is 0 Å². The molecule has 1 amide bonds. The van der Waals surface area contributed by atoms with E-state index in [-0.39, 0.29) is 38.7 Å². The molecule has 0 fully saturated rings. The summed E-state index contributed by atoms with van der Waals surface area (Å²) in [6, 6.07) is 5.09. The van der Waals surface area contributed by atoms with Crippen LogP contribution in [0.15, 0.2) is 41.2 Å². The normalized spacial score (nSPS) is 11.9. The van der Waals surface area contributed by atoms with Crippen LogP contribution in [0.3, 0.4) is 0 Å². The third-order valence-corrected chi connectivity index (χ3v) is 4.56. The van der Waals surface area contributed by atoms with E-state index in [2.05, 4.69) is 15.1 Å². The topological polar surface area (TPSA) is 99.3 Å². The summed E-state index contributed by atoms with van der Waals surface area (Å²) in [7, 11) is 0. The van der Waals surface area contributed by atoms with E-state index in [1.165, 1.54) is 24.4 Å². The lowest BCUT2D eigenvalue weighted by Crippen LogP contribution is -2.10. The minimum absolute atomic E-state index is 0.0524. The van der Waals surface area contributed by atoms with Gasteiger partial charge in [0.1, 0.15) is 5.69 Å². The number of imidazole rings is 1. The number of primary amides is 1. The molecule has 3 heterocycles. The monoisotopic (exact) mass is 441 g/mol. The number of carbonyl (C=O) groups excluding carboxylic acids is 1. The Morgan fingerprint density at radius 1 is 1.10 bits per heavy atom. The third kappa shape index (κ3) is 3.52. The summed E-state index contributed by atoms with van der Waals surface area (Å²) in [4.78, 5) is 19.5. The standard InChI is InChI=1S/C17H8Cl2F3N5O2/c18-10-3-7(13(23)28)1-2-9(10)14-25-16(29-26-14)12-6-27-5-8(17(20,21)22)4-11(19)15(27)24-12/h1-6H,(H2,23,28). The van der Waals surface area contributed by atoms with Crippen molar-refractivity contribution in [2.75, 3.05) is 0 Å². The van der Waals surface area contributed by atoms with Crippen LogP contribution in [-0.4, -0.2) is 25.4 Å². The number of amides is 1. The molecular formula is C17H8Cl2F3N5O2. The zero-order valence-electron chi connectivity index (χ0n) is 14.0. The zero-order chi connectivity index (χ0) is 20.9. The summed E-state index contributed by atoms with van der Waals surface area (Å²) in [5.74, 6) is -0.601. The predicted octanol–water partition coefficient (Wildman–Crippen LogP) is 4.48. The molecule has 0 atom stereocenters. The number of rotatable bonds is 3. The van der Waals surface area contributed by atoms with E-state index in [9.17, 15) is 18.0 Å². The largest absolute Gasteiger partial charge is 0.417 e. The lowest BCUT2D eigenvalue weighted by Gasteiger charge is -2.07. The summed E-state index contributed by atoms with van der Waals surface area (Å²) in [6.07, 6.45) is -2.42. The molecule has 2 N–H and O–H groups in total. The van der Waals surface area contributed by atoms with Gasteiger partial charge >= 0.3 is 6.18 Å². The zero-order valence-corrected chi connectivity index (χ0v) is 15.5. The van der Waals surface area contributed by atoms with Crippen molar-refractivity contribution in [3.63, 3.8) is 0 Å². The second-order valence-corrected chi connectivity index (χ2v) is 6.73.